The molecule has 2 aromatic rings. The molecule has 1 saturated heterocycles. The standard InChI is InChI=1S/C31H42N2O4/c1-9-37-25-16-15-23(19-24(25)31(4,5)6)28(34)26-27(22-13-11-21(12-14-22)20(2)3)33(30(36)29(26)35)18-10-17-32(7)8/h11-16,19-20,27,34H,9-10,17-18H2,1-8H3/b28-26-. The minimum absolute atomic E-state index is 0.135. The number of likely N-dealkylation sites (tertiary alicyclic amines) is 1. The molecule has 1 aliphatic rings. The first-order valence-corrected chi connectivity index (χ1v) is 13.2. The minimum Gasteiger partial charge on any atom is -0.507 e. The molecule has 0 aromatic heterocycles. The highest BCUT2D eigenvalue weighted by Gasteiger charge is 2.45. The zero-order valence-electron chi connectivity index (χ0n) is 23.6. The molecule has 0 radical (unpaired) electrons. The normalized spacial score (nSPS) is 17.8. The van der Waals surface area contributed by atoms with Crippen molar-refractivity contribution < 1.29 is 19.4 Å². The Morgan fingerprint density at radius 3 is 2.27 bits per heavy atom. The number of aliphatic hydroxyl groups excluding tert-OH is 1. The van der Waals surface area contributed by atoms with E-state index in [4.69, 9.17) is 4.74 Å². The Balaban J connectivity index is 2.16. The first kappa shape index (κ1) is 28.5. The van der Waals surface area contributed by atoms with Crippen LogP contribution in [0.1, 0.15) is 82.2 Å². The maximum atomic E-state index is 13.4. The molecule has 6 nitrogen and oxygen atoms in total. The summed E-state index contributed by atoms with van der Waals surface area (Å²) in [7, 11) is 3.96. The van der Waals surface area contributed by atoms with Crippen LogP contribution in [0.15, 0.2) is 48.0 Å². The van der Waals surface area contributed by atoms with E-state index >= 15 is 0 Å². The van der Waals surface area contributed by atoms with Crippen LogP contribution in [0.2, 0.25) is 0 Å². The number of carbonyl (C=O) groups is 2. The van der Waals surface area contributed by atoms with Gasteiger partial charge >= 0.3 is 0 Å². The Labute approximate surface area is 221 Å². The molecule has 0 aliphatic carbocycles. The third-order valence-corrected chi connectivity index (χ3v) is 6.82. The molecule has 1 fully saturated rings. The number of benzene rings is 2. The van der Waals surface area contributed by atoms with Gasteiger partial charge < -0.3 is 19.6 Å². The van der Waals surface area contributed by atoms with Crippen molar-refractivity contribution in [2.45, 2.75) is 65.3 Å². The molecule has 1 amide bonds. The van der Waals surface area contributed by atoms with E-state index in [1.54, 1.807) is 11.0 Å². The molecule has 2 aromatic carbocycles. The molecule has 6 heteroatoms. The fourth-order valence-electron chi connectivity index (χ4n) is 4.78. The van der Waals surface area contributed by atoms with Crippen molar-refractivity contribution in [1.82, 2.24) is 9.80 Å². The van der Waals surface area contributed by atoms with Crippen LogP contribution in [0.4, 0.5) is 0 Å². The molecule has 1 heterocycles. The van der Waals surface area contributed by atoms with Crippen LogP contribution < -0.4 is 4.74 Å². The SMILES string of the molecule is CCOc1ccc(/C(O)=C2/C(=O)C(=O)N(CCCN(C)C)C2c2ccc(C(C)C)cc2)cc1C(C)(C)C. The minimum atomic E-state index is -0.647. The molecule has 0 bridgehead atoms. The van der Waals surface area contributed by atoms with E-state index < -0.39 is 17.7 Å². The molecule has 37 heavy (non-hydrogen) atoms. The number of rotatable bonds is 9. The van der Waals surface area contributed by atoms with E-state index in [2.05, 4.69) is 39.5 Å². The van der Waals surface area contributed by atoms with Crippen LogP contribution in [0.25, 0.3) is 5.76 Å². The van der Waals surface area contributed by atoms with Gasteiger partial charge in [-0.15, -0.1) is 0 Å². The maximum Gasteiger partial charge on any atom is 0.295 e. The van der Waals surface area contributed by atoms with Crippen LogP contribution in [0.3, 0.4) is 0 Å². The lowest BCUT2D eigenvalue weighted by Gasteiger charge is -2.27. The number of ketones is 1. The van der Waals surface area contributed by atoms with Gasteiger partial charge in [0, 0.05) is 17.7 Å². The van der Waals surface area contributed by atoms with E-state index in [1.807, 2.05) is 57.4 Å². The van der Waals surface area contributed by atoms with Gasteiger partial charge in [-0.3, -0.25) is 9.59 Å². The van der Waals surface area contributed by atoms with Gasteiger partial charge in [0.05, 0.1) is 18.2 Å². The fraction of sp³-hybridized carbons (Fsp3) is 0.484. The van der Waals surface area contributed by atoms with Gasteiger partial charge in [0.25, 0.3) is 11.7 Å². The number of carbonyl (C=O) groups excluding carboxylic acids is 2. The smallest absolute Gasteiger partial charge is 0.295 e. The molecule has 1 aliphatic heterocycles. The highest BCUT2D eigenvalue weighted by Crippen LogP contribution is 2.41. The summed E-state index contributed by atoms with van der Waals surface area (Å²) in [5.74, 6) is -0.261. The van der Waals surface area contributed by atoms with Crippen LogP contribution in [-0.4, -0.2) is 60.4 Å². The van der Waals surface area contributed by atoms with E-state index in [-0.39, 0.29) is 16.7 Å². The maximum absolute atomic E-state index is 13.4. The van der Waals surface area contributed by atoms with Crippen molar-refractivity contribution in [3.8, 4) is 5.75 Å². The predicted octanol–water partition coefficient (Wildman–Crippen LogP) is 5.88. The number of Topliss-reactive ketones (excluding diaryl/α,β-unsaturated/α-hetero) is 1. The second-order valence-corrected chi connectivity index (χ2v) is 11.4. The topological polar surface area (TPSA) is 70.1 Å². The van der Waals surface area contributed by atoms with Crippen molar-refractivity contribution in [2.75, 3.05) is 33.8 Å². The second-order valence-electron chi connectivity index (χ2n) is 11.4. The lowest BCUT2D eigenvalue weighted by Crippen LogP contribution is -2.32. The summed E-state index contributed by atoms with van der Waals surface area (Å²) in [4.78, 5) is 30.3. The van der Waals surface area contributed by atoms with Crippen molar-refractivity contribution in [3.05, 3.63) is 70.3 Å². The zero-order valence-corrected chi connectivity index (χ0v) is 23.6. The summed E-state index contributed by atoms with van der Waals surface area (Å²) in [6.07, 6.45) is 0.720. The number of hydrogen-bond acceptors (Lipinski definition) is 5. The molecule has 1 atom stereocenters. The van der Waals surface area contributed by atoms with E-state index in [0.717, 1.165) is 29.8 Å². The number of nitrogens with zero attached hydrogens (tertiary/aromatic N) is 2. The molecular weight excluding hydrogens is 464 g/mol. The highest BCUT2D eigenvalue weighted by atomic mass is 16.5. The van der Waals surface area contributed by atoms with Gasteiger partial charge in [0.15, 0.2) is 0 Å². The summed E-state index contributed by atoms with van der Waals surface area (Å²) >= 11 is 0. The Morgan fingerprint density at radius 2 is 1.73 bits per heavy atom. The number of ether oxygens (including phenoxy) is 1. The van der Waals surface area contributed by atoms with Crippen LogP contribution in [0.5, 0.6) is 5.75 Å². The first-order valence-electron chi connectivity index (χ1n) is 13.2. The van der Waals surface area contributed by atoms with Crippen molar-refractivity contribution in [1.29, 1.82) is 0 Å². The molecule has 0 spiro atoms. The number of hydrogen-bond donors (Lipinski definition) is 1. The van der Waals surface area contributed by atoms with Gasteiger partial charge in [-0.05, 0) is 74.6 Å². The monoisotopic (exact) mass is 506 g/mol. The average molecular weight is 507 g/mol. The summed E-state index contributed by atoms with van der Waals surface area (Å²) in [5.41, 5.74) is 3.31. The molecule has 1 N–H and O–H groups in total. The average Bonchev–Trinajstić information content (AvgIpc) is 3.08. The summed E-state index contributed by atoms with van der Waals surface area (Å²) in [6, 6.07) is 12.8. The lowest BCUT2D eigenvalue weighted by molar-refractivity contribution is -0.139. The molecule has 3 rings (SSSR count). The Bertz CT molecular complexity index is 1160. The highest BCUT2D eigenvalue weighted by molar-refractivity contribution is 6.46. The Morgan fingerprint density at radius 1 is 1.08 bits per heavy atom. The van der Waals surface area contributed by atoms with Gasteiger partial charge in [0.2, 0.25) is 0 Å². The summed E-state index contributed by atoms with van der Waals surface area (Å²) < 4.78 is 5.83. The van der Waals surface area contributed by atoms with Crippen LogP contribution in [-0.2, 0) is 15.0 Å². The quantitative estimate of drug-likeness (QED) is 0.261. The first-order chi connectivity index (χ1) is 17.4. The molecular formula is C31H42N2O4. The van der Waals surface area contributed by atoms with Gasteiger partial charge in [-0.1, -0.05) is 58.9 Å². The van der Waals surface area contributed by atoms with E-state index in [9.17, 15) is 14.7 Å². The Hall–Kier alpha value is -3.12. The molecule has 0 saturated carbocycles. The second kappa shape index (κ2) is 11.5. The number of amides is 1. The zero-order chi connectivity index (χ0) is 27.5. The third-order valence-electron chi connectivity index (χ3n) is 6.82. The summed E-state index contributed by atoms with van der Waals surface area (Å²) in [5, 5.41) is 11.6. The van der Waals surface area contributed by atoms with E-state index in [1.165, 1.54) is 5.56 Å². The summed E-state index contributed by atoms with van der Waals surface area (Å²) in [6.45, 7) is 14.2. The Kier molecular flexibility index (Phi) is 8.85. The third kappa shape index (κ3) is 6.24. The molecule has 200 valence electrons. The lowest BCUT2D eigenvalue weighted by atomic mass is 9.84. The van der Waals surface area contributed by atoms with Crippen LogP contribution in [0, 0.1) is 0 Å². The van der Waals surface area contributed by atoms with Gasteiger partial charge in [-0.25, -0.2) is 0 Å². The van der Waals surface area contributed by atoms with Crippen molar-refractivity contribution >= 4 is 17.4 Å². The van der Waals surface area contributed by atoms with Crippen molar-refractivity contribution in [3.63, 3.8) is 0 Å². The van der Waals surface area contributed by atoms with E-state index in [0.29, 0.717) is 24.6 Å². The van der Waals surface area contributed by atoms with Crippen molar-refractivity contribution in [2.24, 2.45) is 0 Å². The predicted molar refractivity (Wildman–Crippen MR) is 149 cm³/mol. The molecule has 1 unspecified atom stereocenters. The van der Waals surface area contributed by atoms with Gasteiger partial charge in [0.1, 0.15) is 11.5 Å². The fourth-order valence-corrected chi connectivity index (χ4v) is 4.78. The number of aliphatic hydroxyl groups is 1. The largest absolute Gasteiger partial charge is 0.507 e. The van der Waals surface area contributed by atoms with Crippen LogP contribution >= 0.6 is 0 Å². The van der Waals surface area contributed by atoms with Gasteiger partial charge in [-0.2, -0.15) is 0 Å².